The number of benzene rings is 1. The number of β-amino-alcohol motifs (C(OH)–C–C–N with tert-alkyl or cyclic N) is 1. The van der Waals surface area contributed by atoms with Crippen molar-refractivity contribution in [2.24, 2.45) is 5.92 Å². The number of amides is 1. The van der Waals surface area contributed by atoms with E-state index in [1.165, 1.54) is 10.5 Å². The summed E-state index contributed by atoms with van der Waals surface area (Å²) in [7, 11) is 0. The van der Waals surface area contributed by atoms with E-state index in [0.717, 1.165) is 18.7 Å². The molecule has 1 aliphatic rings. The van der Waals surface area contributed by atoms with Gasteiger partial charge in [-0.15, -0.1) is 11.8 Å². The Morgan fingerprint density at radius 2 is 2.10 bits per heavy atom. The molecule has 20 heavy (non-hydrogen) atoms. The standard InChI is InChI=1S/C16H23NO2S/c1-12-3-5-14(6-4-12)20-10-8-16(19)17-9-7-13(2)15(18)11-17/h3-6,13,15,18H,7-11H2,1-2H3. The van der Waals surface area contributed by atoms with Crippen molar-refractivity contribution in [3.8, 4) is 0 Å². The van der Waals surface area contributed by atoms with Crippen LogP contribution >= 0.6 is 11.8 Å². The van der Waals surface area contributed by atoms with E-state index >= 15 is 0 Å². The van der Waals surface area contributed by atoms with Gasteiger partial charge in [-0.25, -0.2) is 0 Å². The zero-order valence-electron chi connectivity index (χ0n) is 12.2. The van der Waals surface area contributed by atoms with Gasteiger partial charge >= 0.3 is 0 Å². The highest BCUT2D eigenvalue weighted by Gasteiger charge is 2.26. The molecule has 0 aliphatic carbocycles. The molecule has 2 atom stereocenters. The molecule has 4 heteroatoms. The molecule has 1 fully saturated rings. The van der Waals surface area contributed by atoms with Crippen LogP contribution in [0, 0.1) is 12.8 Å². The van der Waals surface area contributed by atoms with Crippen molar-refractivity contribution in [3.63, 3.8) is 0 Å². The summed E-state index contributed by atoms with van der Waals surface area (Å²) in [6.45, 7) is 5.39. The molecule has 0 saturated carbocycles. The lowest BCUT2D eigenvalue weighted by Gasteiger charge is -2.34. The molecule has 1 aromatic carbocycles. The van der Waals surface area contributed by atoms with E-state index in [1.54, 1.807) is 16.7 Å². The highest BCUT2D eigenvalue weighted by Crippen LogP contribution is 2.21. The number of aryl methyl sites for hydroxylation is 1. The van der Waals surface area contributed by atoms with Crippen molar-refractivity contribution in [2.45, 2.75) is 37.7 Å². The summed E-state index contributed by atoms with van der Waals surface area (Å²) in [5.74, 6) is 1.26. The van der Waals surface area contributed by atoms with Crippen LogP contribution in [-0.2, 0) is 4.79 Å². The molecule has 0 spiro atoms. The van der Waals surface area contributed by atoms with Gasteiger partial charge in [0.05, 0.1) is 6.10 Å². The fraction of sp³-hybridized carbons (Fsp3) is 0.562. The normalized spacial score (nSPS) is 22.9. The van der Waals surface area contributed by atoms with Crippen LogP contribution in [0.15, 0.2) is 29.2 Å². The second-order valence-electron chi connectivity index (χ2n) is 5.58. The number of likely N-dealkylation sites (tertiary alicyclic amines) is 1. The summed E-state index contributed by atoms with van der Waals surface area (Å²) in [4.78, 5) is 15.1. The predicted molar refractivity (Wildman–Crippen MR) is 82.9 cm³/mol. The molecule has 2 rings (SSSR count). The highest BCUT2D eigenvalue weighted by molar-refractivity contribution is 7.99. The Morgan fingerprint density at radius 1 is 1.40 bits per heavy atom. The van der Waals surface area contributed by atoms with E-state index in [4.69, 9.17) is 0 Å². The van der Waals surface area contributed by atoms with Crippen LogP contribution in [0.25, 0.3) is 0 Å². The van der Waals surface area contributed by atoms with E-state index in [1.807, 2.05) is 6.92 Å². The zero-order chi connectivity index (χ0) is 14.5. The SMILES string of the molecule is Cc1ccc(SCCC(=O)N2CCC(C)C(O)C2)cc1. The molecule has 0 bridgehead atoms. The third kappa shape index (κ3) is 4.25. The van der Waals surface area contributed by atoms with Gasteiger partial charge < -0.3 is 10.0 Å². The van der Waals surface area contributed by atoms with Gasteiger partial charge in [0.2, 0.25) is 5.91 Å². The van der Waals surface area contributed by atoms with E-state index in [2.05, 4.69) is 31.2 Å². The fourth-order valence-corrected chi connectivity index (χ4v) is 3.17. The van der Waals surface area contributed by atoms with Crippen LogP contribution in [0.4, 0.5) is 0 Å². The molecule has 1 N–H and O–H groups in total. The molecule has 1 aromatic rings. The van der Waals surface area contributed by atoms with Gasteiger partial charge in [0, 0.05) is 30.2 Å². The van der Waals surface area contributed by atoms with Crippen molar-refractivity contribution < 1.29 is 9.90 Å². The fourth-order valence-electron chi connectivity index (χ4n) is 2.32. The first kappa shape index (κ1) is 15.4. The summed E-state index contributed by atoms with van der Waals surface area (Å²) in [5, 5.41) is 9.83. The summed E-state index contributed by atoms with van der Waals surface area (Å²) < 4.78 is 0. The number of nitrogens with zero attached hydrogens (tertiary/aromatic N) is 1. The minimum absolute atomic E-state index is 0.163. The Labute approximate surface area is 125 Å². The number of hydrogen-bond donors (Lipinski definition) is 1. The molecule has 0 aromatic heterocycles. The average Bonchev–Trinajstić information content (AvgIpc) is 2.44. The van der Waals surface area contributed by atoms with Gasteiger partial charge in [-0.2, -0.15) is 0 Å². The highest BCUT2D eigenvalue weighted by atomic mass is 32.2. The molecular formula is C16H23NO2S. The number of carbonyl (C=O) groups excluding carboxylic acids is 1. The molecule has 0 radical (unpaired) electrons. The van der Waals surface area contributed by atoms with Crippen molar-refractivity contribution in [2.75, 3.05) is 18.8 Å². The van der Waals surface area contributed by atoms with Crippen LogP contribution in [0.5, 0.6) is 0 Å². The molecular weight excluding hydrogens is 270 g/mol. The van der Waals surface area contributed by atoms with Gasteiger partial charge in [0.1, 0.15) is 0 Å². The lowest BCUT2D eigenvalue weighted by atomic mass is 9.96. The van der Waals surface area contributed by atoms with Crippen LogP contribution in [0.2, 0.25) is 0 Å². The number of hydrogen-bond acceptors (Lipinski definition) is 3. The Kier molecular flexibility index (Phi) is 5.49. The molecule has 1 amide bonds. The van der Waals surface area contributed by atoms with Crippen molar-refractivity contribution in [1.29, 1.82) is 0 Å². The first-order valence-corrected chi connectivity index (χ1v) is 8.20. The number of aliphatic hydroxyl groups excluding tert-OH is 1. The first-order valence-electron chi connectivity index (χ1n) is 7.21. The number of aliphatic hydroxyl groups is 1. The summed E-state index contributed by atoms with van der Waals surface area (Å²) in [5.41, 5.74) is 1.25. The van der Waals surface area contributed by atoms with Crippen molar-refractivity contribution in [1.82, 2.24) is 4.90 Å². The number of piperidine rings is 1. The van der Waals surface area contributed by atoms with E-state index < -0.39 is 0 Å². The minimum Gasteiger partial charge on any atom is -0.391 e. The van der Waals surface area contributed by atoms with E-state index in [9.17, 15) is 9.90 Å². The maximum atomic E-state index is 12.1. The topological polar surface area (TPSA) is 40.5 Å². The Hall–Kier alpha value is -1.00. The summed E-state index contributed by atoms with van der Waals surface area (Å²) in [6, 6.07) is 8.37. The minimum atomic E-state index is -0.363. The lowest BCUT2D eigenvalue weighted by molar-refractivity contribution is -0.134. The third-order valence-electron chi connectivity index (χ3n) is 3.88. The average molecular weight is 293 g/mol. The summed E-state index contributed by atoms with van der Waals surface area (Å²) >= 11 is 1.71. The van der Waals surface area contributed by atoms with E-state index in [-0.39, 0.29) is 12.0 Å². The molecule has 110 valence electrons. The number of thioether (sulfide) groups is 1. The van der Waals surface area contributed by atoms with Gasteiger partial charge in [0.25, 0.3) is 0 Å². The number of carbonyl (C=O) groups is 1. The number of rotatable bonds is 4. The van der Waals surface area contributed by atoms with E-state index in [0.29, 0.717) is 18.9 Å². The van der Waals surface area contributed by atoms with Crippen LogP contribution < -0.4 is 0 Å². The van der Waals surface area contributed by atoms with Crippen LogP contribution in [0.1, 0.15) is 25.3 Å². The van der Waals surface area contributed by atoms with Crippen LogP contribution in [0.3, 0.4) is 0 Å². The summed E-state index contributed by atoms with van der Waals surface area (Å²) in [6.07, 6.45) is 1.08. The second kappa shape index (κ2) is 7.14. The lowest BCUT2D eigenvalue weighted by Crippen LogP contribution is -2.45. The Bertz CT molecular complexity index is 446. The Balaban J connectivity index is 1.74. The smallest absolute Gasteiger partial charge is 0.223 e. The second-order valence-corrected chi connectivity index (χ2v) is 6.75. The largest absolute Gasteiger partial charge is 0.391 e. The monoisotopic (exact) mass is 293 g/mol. The van der Waals surface area contributed by atoms with Gasteiger partial charge in [-0.3, -0.25) is 4.79 Å². The Morgan fingerprint density at radius 3 is 2.75 bits per heavy atom. The van der Waals surface area contributed by atoms with Gasteiger partial charge in [-0.1, -0.05) is 24.6 Å². The third-order valence-corrected chi connectivity index (χ3v) is 4.89. The van der Waals surface area contributed by atoms with Crippen molar-refractivity contribution in [3.05, 3.63) is 29.8 Å². The molecule has 1 heterocycles. The van der Waals surface area contributed by atoms with Crippen molar-refractivity contribution >= 4 is 17.7 Å². The van der Waals surface area contributed by atoms with Crippen LogP contribution in [-0.4, -0.2) is 40.9 Å². The van der Waals surface area contributed by atoms with Gasteiger partial charge in [0.15, 0.2) is 0 Å². The maximum Gasteiger partial charge on any atom is 0.223 e. The molecule has 1 aliphatic heterocycles. The predicted octanol–water partition coefficient (Wildman–Crippen LogP) is 2.71. The molecule has 1 saturated heterocycles. The molecule has 3 nitrogen and oxygen atoms in total. The maximum absolute atomic E-state index is 12.1. The quantitative estimate of drug-likeness (QED) is 0.868. The first-order chi connectivity index (χ1) is 9.56. The zero-order valence-corrected chi connectivity index (χ0v) is 13.0. The molecule has 2 unspecified atom stereocenters. The van der Waals surface area contributed by atoms with Gasteiger partial charge in [-0.05, 0) is 31.4 Å².